The first-order valence-electron chi connectivity index (χ1n) is 3.49. The summed E-state index contributed by atoms with van der Waals surface area (Å²) < 4.78 is 13.3. The smallest absolute Gasteiger partial charge is 0.234 e. The van der Waals surface area contributed by atoms with Crippen LogP contribution in [0.4, 0.5) is 10.1 Å². The molecule has 0 saturated heterocycles. The first-order valence-corrected chi connectivity index (χ1v) is 4.92. The van der Waals surface area contributed by atoms with Crippen LogP contribution in [0.1, 0.15) is 0 Å². The van der Waals surface area contributed by atoms with E-state index in [1.165, 1.54) is 12.1 Å². The second-order valence-electron chi connectivity index (χ2n) is 2.34. The van der Waals surface area contributed by atoms with Crippen molar-refractivity contribution in [2.75, 3.05) is 11.1 Å². The third kappa shape index (κ3) is 3.00. The van der Waals surface area contributed by atoms with Gasteiger partial charge in [0.15, 0.2) is 0 Å². The number of carbonyl (C=O) groups is 1. The molecule has 0 aromatic heterocycles. The minimum absolute atomic E-state index is 0.0810. The topological polar surface area (TPSA) is 29.1 Å². The molecule has 70 valence electrons. The van der Waals surface area contributed by atoms with Gasteiger partial charge < -0.3 is 5.32 Å². The van der Waals surface area contributed by atoms with Crippen LogP contribution in [0.15, 0.2) is 22.7 Å². The van der Waals surface area contributed by atoms with Crippen LogP contribution in [0.25, 0.3) is 0 Å². The van der Waals surface area contributed by atoms with Gasteiger partial charge in [-0.15, -0.1) is 0 Å². The summed E-state index contributed by atoms with van der Waals surface area (Å²) >= 11 is 6.79. The number of benzene rings is 1. The van der Waals surface area contributed by atoms with E-state index in [9.17, 15) is 9.18 Å². The maximum absolute atomic E-state index is 12.9. The summed E-state index contributed by atoms with van der Waals surface area (Å²) in [6, 6.07) is 4.38. The molecule has 0 spiro atoms. The van der Waals surface area contributed by atoms with Crippen LogP contribution in [0.3, 0.4) is 0 Å². The van der Waals surface area contributed by atoms with Crippen molar-refractivity contribution in [1.82, 2.24) is 0 Å². The summed E-state index contributed by atoms with van der Waals surface area (Å²) in [6.07, 6.45) is 0. The third-order valence-electron chi connectivity index (χ3n) is 1.35. The van der Waals surface area contributed by atoms with Crippen molar-refractivity contribution in [2.45, 2.75) is 0 Å². The highest BCUT2D eigenvalue weighted by molar-refractivity contribution is 9.10. The number of carbonyl (C=O) groups excluding carboxylic acids is 1. The molecular formula is C8H7BrFNOS. The molecule has 13 heavy (non-hydrogen) atoms. The lowest BCUT2D eigenvalue weighted by Gasteiger charge is -2.03. The summed E-state index contributed by atoms with van der Waals surface area (Å²) in [5.41, 5.74) is 0.430. The predicted molar refractivity (Wildman–Crippen MR) is 56.6 cm³/mol. The molecule has 0 heterocycles. The Morgan fingerprint density at radius 1 is 1.62 bits per heavy atom. The molecule has 1 rings (SSSR count). The molecule has 0 atom stereocenters. The number of thiol groups is 1. The number of hydrogen-bond acceptors (Lipinski definition) is 2. The van der Waals surface area contributed by atoms with Gasteiger partial charge in [-0.1, -0.05) is 0 Å². The standard InChI is InChI=1S/C8H7BrFNOS/c9-6-2-1-5(3-7(6)10)11-8(12)4-13/h1-3,13H,4H2,(H,11,12). The summed E-state index contributed by atoms with van der Waals surface area (Å²) in [7, 11) is 0. The van der Waals surface area contributed by atoms with Crippen LogP contribution < -0.4 is 5.32 Å². The Bertz CT molecular complexity index is 332. The van der Waals surface area contributed by atoms with Crippen molar-refractivity contribution in [3.8, 4) is 0 Å². The van der Waals surface area contributed by atoms with Crippen molar-refractivity contribution < 1.29 is 9.18 Å². The maximum atomic E-state index is 12.9. The summed E-state index contributed by atoms with van der Waals surface area (Å²) in [5, 5.41) is 2.48. The Hall–Kier alpha value is -0.550. The van der Waals surface area contributed by atoms with E-state index >= 15 is 0 Å². The van der Waals surface area contributed by atoms with E-state index in [4.69, 9.17) is 0 Å². The lowest BCUT2D eigenvalue weighted by Crippen LogP contribution is -2.12. The molecule has 0 unspecified atom stereocenters. The van der Waals surface area contributed by atoms with Gasteiger partial charge >= 0.3 is 0 Å². The van der Waals surface area contributed by atoms with Gasteiger partial charge in [0.05, 0.1) is 10.2 Å². The molecule has 0 saturated carbocycles. The largest absolute Gasteiger partial charge is 0.325 e. The fraction of sp³-hybridized carbons (Fsp3) is 0.125. The fourth-order valence-corrected chi connectivity index (χ4v) is 1.10. The highest BCUT2D eigenvalue weighted by Crippen LogP contribution is 2.19. The number of amides is 1. The Balaban J connectivity index is 2.79. The molecule has 0 bridgehead atoms. The molecule has 1 N–H and O–H groups in total. The van der Waals surface area contributed by atoms with Gasteiger partial charge in [0.2, 0.25) is 5.91 Å². The zero-order chi connectivity index (χ0) is 9.84. The SMILES string of the molecule is O=C(CS)Nc1ccc(Br)c(F)c1. The zero-order valence-electron chi connectivity index (χ0n) is 6.55. The van der Waals surface area contributed by atoms with E-state index in [2.05, 4.69) is 33.9 Å². The number of hydrogen-bond donors (Lipinski definition) is 2. The van der Waals surface area contributed by atoms with Crippen LogP contribution in [0.2, 0.25) is 0 Å². The molecule has 1 aromatic rings. The van der Waals surface area contributed by atoms with Crippen LogP contribution in [0, 0.1) is 5.82 Å². The highest BCUT2D eigenvalue weighted by Gasteiger charge is 2.02. The molecule has 0 fully saturated rings. The lowest BCUT2D eigenvalue weighted by molar-refractivity contribution is -0.113. The van der Waals surface area contributed by atoms with Gasteiger partial charge in [-0.3, -0.25) is 4.79 Å². The van der Waals surface area contributed by atoms with Crippen molar-refractivity contribution in [1.29, 1.82) is 0 Å². The van der Waals surface area contributed by atoms with E-state index in [1.807, 2.05) is 0 Å². The van der Waals surface area contributed by atoms with Gasteiger partial charge in [-0.05, 0) is 34.1 Å². The van der Waals surface area contributed by atoms with Gasteiger partial charge in [0.1, 0.15) is 5.82 Å². The van der Waals surface area contributed by atoms with E-state index in [0.29, 0.717) is 10.2 Å². The molecule has 2 nitrogen and oxygen atoms in total. The highest BCUT2D eigenvalue weighted by atomic mass is 79.9. The third-order valence-corrected chi connectivity index (χ3v) is 2.28. The molecule has 0 radical (unpaired) electrons. The van der Waals surface area contributed by atoms with Crippen LogP contribution in [-0.2, 0) is 4.79 Å². The number of nitrogens with one attached hydrogen (secondary N) is 1. The zero-order valence-corrected chi connectivity index (χ0v) is 9.03. The van der Waals surface area contributed by atoms with Crippen LogP contribution >= 0.6 is 28.6 Å². The minimum Gasteiger partial charge on any atom is -0.325 e. The van der Waals surface area contributed by atoms with Gasteiger partial charge in [-0.2, -0.15) is 12.6 Å². The number of anilines is 1. The van der Waals surface area contributed by atoms with Crippen molar-refractivity contribution in [2.24, 2.45) is 0 Å². The van der Waals surface area contributed by atoms with E-state index in [0.717, 1.165) is 0 Å². The van der Waals surface area contributed by atoms with Crippen LogP contribution in [-0.4, -0.2) is 11.7 Å². The molecule has 0 aliphatic carbocycles. The average molecular weight is 264 g/mol. The Morgan fingerprint density at radius 2 is 2.31 bits per heavy atom. The second kappa shape index (κ2) is 4.62. The monoisotopic (exact) mass is 263 g/mol. The number of halogens is 2. The Labute approximate surface area is 89.1 Å². The predicted octanol–water partition coefficient (Wildman–Crippen LogP) is 2.46. The first-order chi connectivity index (χ1) is 6.13. The molecular weight excluding hydrogens is 257 g/mol. The molecule has 0 aliphatic heterocycles. The van der Waals surface area contributed by atoms with Crippen molar-refractivity contribution >= 4 is 40.2 Å². The van der Waals surface area contributed by atoms with E-state index < -0.39 is 5.82 Å². The van der Waals surface area contributed by atoms with Gasteiger partial charge in [-0.25, -0.2) is 4.39 Å². The molecule has 1 amide bonds. The van der Waals surface area contributed by atoms with E-state index in [1.54, 1.807) is 6.07 Å². The molecule has 5 heteroatoms. The minimum atomic E-state index is -0.406. The quantitative estimate of drug-likeness (QED) is 0.789. The summed E-state index contributed by atoms with van der Waals surface area (Å²) in [6.45, 7) is 0. The van der Waals surface area contributed by atoms with Crippen molar-refractivity contribution in [3.05, 3.63) is 28.5 Å². The summed E-state index contributed by atoms with van der Waals surface area (Å²) in [4.78, 5) is 10.9. The van der Waals surface area contributed by atoms with Gasteiger partial charge in [0.25, 0.3) is 0 Å². The molecule has 0 aliphatic rings. The van der Waals surface area contributed by atoms with Gasteiger partial charge in [0, 0.05) is 5.69 Å². The average Bonchev–Trinajstić information content (AvgIpc) is 2.11. The summed E-state index contributed by atoms with van der Waals surface area (Å²) in [5.74, 6) is -0.584. The van der Waals surface area contributed by atoms with E-state index in [-0.39, 0.29) is 11.7 Å². The van der Waals surface area contributed by atoms with Crippen molar-refractivity contribution in [3.63, 3.8) is 0 Å². The fourth-order valence-electron chi connectivity index (χ4n) is 0.774. The maximum Gasteiger partial charge on any atom is 0.234 e. The normalized spacial score (nSPS) is 9.77. The van der Waals surface area contributed by atoms with Crippen LogP contribution in [0.5, 0.6) is 0 Å². The first kappa shape index (κ1) is 10.5. The lowest BCUT2D eigenvalue weighted by atomic mass is 10.3. The second-order valence-corrected chi connectivity index (χ2v) is 3.51. The Morgan fingerprint density at radius 3 is 2.85 bits per heavy atom. The Kier molecular flexibility index (Phi) is 3.74. The molecule has 1 aromatic carbocycles. The number of rotatable bonds is 2.